The van der Waals surface area contributed by atoms with Crippen LogP contribution in [0.3, 0.4) is 0 Å². The fourth-order valence-corrected chi connectivity index (χ4v) is 4.89. The molecule has 2 aliphatic rings. The van der Waals surface area contributed by atoms with Crippen molar-refractivity contribution in [1.82, 2.24) is 10.2 Å². The van der Waals surface area contributed by atoms with Crippen molar-refractivity contribution >= 4 is 11.8 Å². The van der Waals surface area contributed by atoms with Gasteiger partial charge in [-0.25, -0.2) is 0 Å². The van der Waals surface area contributed by atoms with Crippen molar-refractivity contribution in [3.8, 4) is 0 Å². The average molecular weight is 528 g/mol. The van der Waals surface area contributed by atoms with Gasteiger partial charge in [0.05, 0.1) is 17.7 Å². The number of ether oxygens (including phenoxy) is 1. The number of carbonyl (C=O) groups is 2. The number of halogens is 6. The number of benzene rings is 2. The molecule has 2 aromatic carbocycles. The van der Waals surface area contributed by atoms with Crippen molar-refractivity contribution in [1.29, 1.82) is 0 Å². The molecular weight excluding hydrogens is 502 g/mol. The summed E-state index contributed by atoms with van der Waals surface area (Å²) in [5.41, 5.74) is -2.63. The van der Waals surface area contributed by atoms with E-state index in [4.69, 9.17) is 4.74 Å². The summed E-state index contributed by atoms with van der Waals surface area (Å²) < 4.78 is 84.1. The first-order valence-electron chi connectivity index (χ1n) is 11.9. The highest BCUT2D eigenvalue weighted by atomic mass is 19.4. The van der Waals surface area contributed by atoms with E-state index in [1.807, 2.05) is 0 Å². The Morgan fingerprint density at radius 2 is 1.59 bits per heavy atom. The highest BCUT2D eigenvalue weighted by Crippen LogP contribution is 2.43. The van der Waals surface area contributed by atoms with Crippen LogP contribution in [-0.4, -0.2) is 35.1 Å². The summed E-state index contributed by atoms with van der Waals surface area (Å²) in [6, 6.07) is 7.20. The minimum absolute atomic E-state index is 0.0211. The first kappa shape index (κ1) is 27.0. The van der Waals surface area contributed by atoms with E-state index >= 15 is 0 Å². The number of alkyl halides is 6. The topological polar surface area (TPSA) is 58.6 Å². The Bertz CT molecular complexity index is 1140. The van der Waals surface area contributed by atoms with E-state index in [2.05, 4.69) is 12.2 Å². The van der Waals surface area contributed by atoms with E-state index in [0.29, 0.717) is 18.8 Å². The van der Waals surface area contributed by atoms with Crippen LogP contribution in [0.15, 0.2) is 48.5 Å². The molecule has 1 saturated heterocycles. The van der Waals surface area contributed by atoms with Gasteiger partial charge in [-0.05, 0) is 73.6 Å². The lowest BCUT2D eigenvalue weighted by molar-refractivity contribution is -0.138. The average Bonchev–Trinajstić information content (AvgIpc) is 3.22. The number of amides is 2. The van der Waals surface area contributed by atoms with Gasteiger partial charge in [0, 0.05) is 12.1 Å². The molecule has 1 aliphatic heterocycles. The normalized spacial score (nSPS) is 24.4. The quantitative estimate of drug-likeness (QED) is 0.512. The molecule has 2 fully saturated rings. The number of hydrogen-bond donors (Lipinski definition) is 1. The Morgan fingerprint density at radius 1 is 0.973 bits per heavy atom. The number of nitrogens with one attached hydrogen (secondary N) is 1. The Hall–Kier alpha value is -3.08. The zero-order valence-electron chi connectivity index (χ0n) is 20.0. The maximum absolute atomic E-state index is 13.6. The third kappa shape index (κ3) is 5.76. The lowest BCUT2D eigenvalue weighted by Gasteiger charge is -2.43. The van der Waals surface area contributed by atoms with Gasteiger partial charge in [0.15, 0.2) is 0 Å². The second kappa shape index (κ2) is 10.00. The molecule has 0 bridgehead atoms. The van der Waals surface area contributed by atoms with E-state index in [1.165, 1.54) is 17.0 Å². The Labute approximate surface area is 209 Å². The maximum Gasteiger partial charge on any atom is 0.416 e. The van der Waals surface area contributed by atoms with Crippen LogP contribution in [0.1, 0.15) is 59.7 Å². The van der Waals surface area contributed by atoms with Gasteiger partial charge in [0.25, 0.3) is 5.91 Å². The highest BCUT2D eigenvalue weighted by molar-refractivity contribution is 5.98. The first-order chi connectivity index (χ1) is 17.3. The molecule has 1 heterocycles. The van der Waals surface area contributed by atoms with E-state index in [-0.39, 0.29) is 24.3 Å². The van der Waals surface area contributed by atoms with Crippen molar-refractivity contribution < 1.29 is 40.7 Å². The van der Waals surface area contributed by atoms with Gasteiger partial charge in [-0.15, -0.1) is 0 Å². The molecule has 11 heteroatoms. The summed E-state index contributed by atoms with van der Waals surface area (Å²) in [4.78, 5) is 28.0. The molecule has 1 aliphatic carbocycles. The van der Waals surface area contributed by atoms with Gasteiger partial charge >= 0.3 is 12.4 Å². The Balaban J connectivity index is 1.56. The van der Waals surface area contributed by atoms with Crippen LogP contribution in [0.4, 0.5) is 26.3 Å². The summed E-state index contributed by atoms with van der Waals surface area (Å²) in [5.74, 6) is -0.876. The van der Waals surface area contributed by atoms with E-state index in [9.17, 15) is 35.9 Å². The summed E-state index contributed by atoms with van der Waals surface area (Å²) in [6.07, 6.45) is -6.72. The highest BCUT2D eigenvalue weighted by Gasteiger charge is 2.53. The van der Waals surface area contributed by atoms with Crippen LogP contribution in [0, 0.1) is 5.92 Å². The van der Waals surface area contributed by atoms with Crippen molar-refractivity contribution in [2.24, 2.45) is 5.92 Å². The van der Waals surface area contributed by atoms with Crippen LogP contribution in [0.2, 0.25) is 0 Å². The monoisotopic (exact) mass is 528 g/mol. The van der Waals surface area contributed by atoms with Crippen LogP contribution in [0.5, 0.6) is 0 Å². The Kier molecular flexibility index (Phi) is 7.29. The largest absolute Gasteiger partial charge is 0.416 e. The SMILES string of the molecule is CC1CCC2(CC1)OCC(C(=O)NCc1cccc(C(F)(F)F)c1)N2C(=O)c1ccc(C(F)(F)F)cc1. The molecular formula is C26H26F6N2O3. The summed E-state index contributed by atoms with van der Waals surface area (Å²) in [6.45, 7) is 1.73. The van der Waals surface area contributed by atoms with Crippen molar-refractivity contribution in [2.45, 2.75) is 63.3 Å². The van der Waals surface area contributed by atoms with E-state index in [1.54, 1.807) is 0 Å². The molecule has 0 radical (unpaired) electrons. The zero-order valence-corrected chi connectivity index (χ0v) is 20.0. The maximum atomic E-state index is 13.6. The molecule has 37 heavy (non-hydrogen) atoms. The Morgan fingerprint density at radius 3 is 2.19 bits per heavy atom. The molecule has 2 amide bonds. The van der Waals surface area contributed by atoms with Crippen LogP contribution < -0.4 is 5.32 Å². The van der Waals surface area contributed by atoms with Crippen molar-refractivity contribution in [3.63, 3.8) is 0 Å². The predicted molar refractivity (Wildman–Crippen MR) is 121 cm³/mol. The molecule has 0 aromatic heterocycles. The lowest BCUT2D eigenvalue weighted by Crippen LogP contribution is -2.56. The van der Waals surface area contributed by atoms with Gasteiger partial charge in [0.2, 0.25) is 5.91 Å². The number of nitrogens with zero attached hydrogens (tertiary/aromatic N) is 1. The number of hydrogen-bond acceptors (Lipinski definition) is 3. The van der Waals surface area contributed by atoms with Gasteiger partial charge < -0.3 is 10.1 Å². The van der Waals surface area contributed by atoms with Gasteiger partial charge in [-0.3, -0.25) is 14.5 Å². The standard InChI is InChI=1S/C26H26F6N2O3/c1-16-9-11-24(12-10-16)34(23(36)18-5-7-19(8-6-18)25(27,28)29)21(15-37-24)22(35)33-14-17-3-2-4-20(13-17)26(30,31)32/h2-8,13,16,21H,9-12,14-15H2,1H3,(H,33,35). The smallest absolute Gasteiger partial charge is 0.353 e. The second-order valence-corrected chi connectivity index (χ2v) is 9.62. The third-order valence-corrected chi connectivity index (χ3v) is 7.02. The fraction of sp³-hybridized carbons (Fsp3) is 0.462. The van der Waals surface area contributed by atoms with Gasteiger partial charge in [-0.1, -0.05) is 19.1 Å². The summed E-state index contributed by atoms with van der Waals surface area (Å²) in [7, 11) is 0. The third-order valence-electron chi connectivity index (χ3n) is 7.02. The predicted octanol–water partition coefficient (Wildman–Crippen LogP) is 5.79. The molecule has 1 N–H and O–H groups in total. The summed E-state index contributed by atoms with van der Waals surface area (Å²) in [5, 5.41) is 2.59. The van der Waals surface area contributed by atoms with Gasteiger partial charge in [-0.2, -0.15) is 26.3 Å². The van der Waals surface area contributed by atoms with Crippen molar-refractivity contribution in [2.75, 3.05) is 6.61 Å². The van der Waals surface area contributed by atoms with E-state index < -0.39 is 47.1 Å². The second-order valence-electron chi connectivity index (χ2n) is 9.62. The number of carbonyl (C=O) groups excluding carboxylic acids is 2. The van der Waals surface area contributed by atoms with Gasteiger partial charge in [0.1, 0.15) is 11.8 Å². The molecule has 1 unspecified atom stereocenters. The van der Waals surface area contributed by atoms with Crippen LogP contribution in [-0.2, 0) is 28.4 Å². The lowest BCUT2D eigenvalue weighted by atomic mass is 9.83. The first-order valence-corrected chi connectivity index (χ1v) is 11.9. The molecule has 1 spiro atoms. The molecule has 5 nitrogen and oxygen atoms in total. The van der Waals surface area contributed by atoms with Crippen molar-refractivity contribution in [3.05, 3.63) is 70.8 Å². The molecule has 1 saturated carbocycles. The number of rotatable bonds is 4. The fourth-order valence-electron chi connectivity index (χ4n) is 4.89. The van der Waals surface area contributed by atoms with Crippen LogP contribution >= 0.6 is 0 Å². The van der Waals surface area contributed by atoms with Crippen LogP contribution in [0.25, 0.3) is 0 Å². The van der Waals surface area contributed by atoms with E-state index in [0.717, 1.165) is 49.2 Å². The zero-order chi connectivity index (χ0) is 27.0. The molecule has 2 aromatic rings. The molecule has 1 atom stereocenters. The molecule has 4 rings (SSSR count). The minimum Gasteiger partial charge on any atom is -0.353 e. The minimum atomic E-state index is -4.56. The summed E-state index contributed by atoms with van der Waals surface area (Å²) >= 11 is 0. The molecule has 200 valence electrons.